The minimum Gasteiger partial charge on any atom is -0.314 e. The Morgan fingerprint density at radius 1 is 1.00 bits per heavy atom. The Morgan fingerprint density at radius 2 is 1.62 bits per heavy atom. The molecule has 0 spiro atoms. The summed E-state index contributed by atoms with van der Waals surface area (Å²) < 4.78 is 0. The highest BCUT2D eigenvalue weighted by Gasteiger charge is 2.13. The standard InChI is InChI=1S/C15H31N/c1-3-8-15(9-4-2)16-13-12-14-10-6-5-7-11-14/h14-16H,3-13H2,1-2H3. The summed E-state index contributed by atoms with van der Waals surface area (Å²) in [4.78, 5) is 0. The lowest BCUT2D eigenvalue weighted by Gasteiger charge is -2.23. The minimum absolute atomic E-state index is 0.790. The molecule has 0 aliphatic heterocycles. The van der Waals surface area contributed by atoms with E-state index in [-0.39, 0.29) is 0 Å². The van der Waals surface area contributed by atoms with Crippen molar-refractivity contribution < 1.29 is 0 Å². The Balaban J connectivity index is 2.06. The van der Waals surface area contributed by atoms with Gasteiger partial charge in [-0.05, 0) is 31.7 Å². The van der Waals surface area contributed by atoms with Crippen LogP contribution in [0.4, 0.5) is 0 Å². The molecule has 0 aromatic rings. The highest BCUT2D eigenvalue weighted by Crippen LogP contribution is 2.25. The molecule has 96 valence electrons. The number of hydrogen-bond donors (Lipinski definition) is 1. The zero-order valence-electron chi connectivity index (χ0n) is 11.4. The lowest BCUT2D eigenvalue weighted by Crippen LogP contribution is -2.31. The molecule has 0 amide bonds. The third-order valence-electron chi connectivity index (χ3n) is 3.98. The predicted octanol–water partition coefficient (Wildman–Crippen LogP) is 4.52. The summed E-state index contributed by atoms with van der Waals surface area (Å²) in [5.41, 5.74) is 0. The van der Waals surface area contributed by atoms with E-state index in [0.29, 0.717) is 0 Å². The summed E-state index contributed by atoms with van der Waals surface area (Å²) in [5.74, 6) is 1.03. The quantitative estimate of drug-likeness (QED) is 0.640. The Bertz CT molecular complexity index is 144. The molecule has 1 saturated carbocycles. The molecule has 1 rings (SSSR count). The van der Waals surface area contributed by atoms with Crippen molar-refractivity contribution in [2.45, 2.75) is 84.1 Å². The third kappa shape index (κ3) is 5.89. The van der Waals surface area contributed by atoms with Crippen molar-refractivity contribution in [3.8, 4) is 0 Å². The molecule has 16 heavy (non-hydrogen) atoms. The first-order valence-corrected chi connectivity index (χ1v) is 7.60. The van der Waals surface area contributed by atoms with Crippen LogP contribution in [0.5, 0.6) is 0 Å². The van der Waals surface area contributed by atoms with E-state index in [4.69, 9.17) is 0 Å². The van der Waals surface area contributed by atoms with Crippen LogP contribution in [0.2, 0.25) is 0 Å². The molecule has 1 fully saturated rings. The lowest BCUT2D eigenvalue weighted by molar-refractivity contribution is 0.322. The first-order chi connectivity index (χ1) is 7.86. The van der Waals surface area contributed by atoms with Crippen molar-refractivity contribution in [1.29, 1.82) is 0 Å². The van der Waals surface area contributed by atoms with Gasteiger partial charge in [-0.2, -0.15) is 0 Å². The fraction of sp³-hybridized carbons (Fsp3) is 1.00. The maximum Gasteiger partial charge on any atom is 0.00668 e. The van der Waals surface area contributed by atoms with Crippen LogP contribution in [-0.4, -0.2) is 12.6 Å². The second-order valence-corrected chi connectivity index (χ2v) is 5.52. The molecule has 0 saturated heterocycles. The van der Waals surface area contributed by atoms with Gasteiger partial charge in [0.25, 0.3) is 0 Å². The molecule has 0 aromatic heterocycles. The van der Waals surface area contributed by atoms with E-state index in [9.17, 15) is 0 Å². The van der Waals surface area contributed by atoms with E-state index in [0.717, 1.165) is 12.0 Å². The van der Waals surface area contributed by atoms with Gasteiger partial charge >= 0.3 is 0 Å². The molecule has 0 heterocycles. The van der Waals surface area contributed by atoms with Crippen LogP contribution in [0, 0.1) is 5.92 Å². The molecular weight excluding hydrogens is 194 g/mol. The van der Waals surface area contributed by atoms with Crippen LogP contribution in [-0.2, 0) is 0 Å². The SMILES string of the molecule is CCCC(CCC)NCCC1CCCCC1. The Hall–Kier alpha value is -0.0400. The monoisotopic (exact) mass is 225 g/mol. The highest BCUT2D eigenvalue weighted by atomic mass is 14.9. The van der Waals surface area contributed by atoms with Crippen LogP contribution in [0.15, 0.2) is 0 Å². The van der Waals surface area contributed by atoms with Gasteiger partial charge in [-0.1, -0.05) is 58.8 Å². The van der Waals surface area contributed by atoms with Gasteiger partial charge in [0.05, 0.1) is 0 Å². The second-order valence-electron chi connectivity index (χ2n) is 5.52. The maximum absolute atomic E-state index is 3.77. The summed E-state index contributed by atoms with van der Waals surface area (Å²) in [6.45, 7) is 5.85. The van der Waals surface area contributed by atoms with Gasteiger partial charge in [0.2, 0.25) is 0 Å². The highest BCUT2D eigenvalue weighted by molar-refractivity contribution is 4.70. The predicted molar refractivity (Wildman–Crippen MR) is 72.8 cm³/mol. The maximum atomic E-state index is 3.77. The summed E-state index contributed by atoms with van der Waals surface area (Å²) in [6.07, 6.45) is 14.2. The first kappa shape index (κ1) is 14.0. The summed E-state index contributed by atoms with van der Waals surface area (Å²) in [7, 11) is 0. The van der Waals surface area contributed by atoms with Crippen LogP contribution in [0.1, 0.15) is 78.1 Å². The van der Waals surface area contributed by atoms with E-state index in [1.807, 2.05) is 0 Å². The van der Waals surface area contributed by atoms with Crippen LogP contribution in [0.25, 0.3) is 0 Å². The zero-order chi connectivity index (χ0) is 11.6. The van der Waals surface area contributed by atoms with Gasteiger partial charge in [-0.15, -0.1) is 0 Å². The first-order valence-electron chi connectivity index (χ1n) is 7.60. The second kappa shape index (κ2) is 9.04. The van der Waals surface area contributed by atoms with E-state index >= 15 is 0 Å². The normalized spacial score (nSPS) is 18.2. The van der Waals surface area contributed by atoms with Crippen molar-refractivity contribution in [2.24, 2.45) is 5.92 Å². The van der Waals surface area contributed by atoms with Crippen molar-refractivity contribution in [2.75, 3.05) is 6.54 Å². The van der Waals surface area contributed by atoms with Crippen LogP contribution < -0.4 is 5.32 Å². The Morgan fingerprint density at radius 3 is 2.19 bits per heavy atom. The van der Waals surface area contributed by atoms with Gasteiger partial charge in [-0.25, -0.2) is 0 Å². The van der Waals surface area contributed by atoms with Crippen LogP contribution in [0.3, 0.4) is 0 Å². The van der Waals surface area contributed by atoms with Crippen molar-refractivity contribution >= 4 is 0 Å². The Kier molecular flexibility index (Phi) is 7.92. The summed E-state index contributed by atoms with van der Waals surface area (Å²) >= 11 is 0. The number of hydrogen-bond acceptors (Lipinski definition) is 1. The molecule has 1 N–H and O–H groups in total. The molecule has 1 aliphatic rings. The largest absolute Gasteiger partial charge is 0.314 e. The van der Waals surface area contributed by atoms with Crippen molar-refractivity contribution in [3.05, 3.63) is 0 Å². The average molecular weight is 225 g/mol. The average Bonchev–Trinajstić information content (AvgIpc) is 2.31. The molecule has 0 bridgehead atoms. The van der Waals surface area contributed by atoms with E-state index in [1.165, 1.54) is 70.8 Å². The minimum atomic E-state index is 0.790. The summed E-state index contributed by atoms with van der Waals surface area (Å²) in [5, 5.41) is 3.77. The zero-order valence-corrected chi connectivity index (χ0v) is 11.4. The molecule has 0 atom stereocenters. The topological polar surface area (TPSA) is 12.0 Å². The molecule has 0 radical (unpaired) electrons. The fourth-order valence-electron chi connectivity index (χ4n) is 3.01. The molecular formula is C15H31N. The van der Waals surface area contributed by atoms with Gasteiger partial charge in [0.15, 0.2) is 0 Å². The molecule has 1 heteroatoms. The smallest absolute Gasteiger partial charge is 0.00668 e. The summed E-state index contributed by atoms with van der Waals surface area (Å²) in [6, 6.07) is 0.790. The molecule has 1 aliphatic carbocycles. The Labute approximate surface area is 102 Å². The molecule has 1 nitrogen and oxygen atoms in total. The van der Waals surface area contributed by atoms with E-state index < -0.39 is 0 Å². The molecule has 0 aromatic carbocycles. The van der Waals surface area contributed by atoms with Gasteiger partial charge in [0.1, 0.15) is 0 Å². The fourth-order valence-corrected chi connectivity index (χ4v) is 3.01. The van der Waals surface area contributed by atoms with Crippen LogP contribution >= 0.6 is 0 Å². The number of rotatable bonds is 8. The third-order valence-corrected chi connectivity index (χ3v) is 3.98. The number of nitrogens with one attached hydrogen (secondary N) is 1. The molecule has 0 unspecified atom stereocenters. The lowest BCUT2D eigenvalue weighted by atomic mass is 9.87. The van der Waals surface area contributed by atoms with Gasteiger partial charge < -0.3 is 5.32 Å². The van der Waals surface area contributed by atoms with E-state index in [2.05, 4.69) is 19.2 Å². The van der Waals surface area contributed by atoms with Gasteiger partial charge in [0, 0.05) is 6.04 Å². The van der Waals surface area contributed by atoms with Gasteiger partial charge in [-0.3, -0.25) is 0 Å². The van der Waals surface area contributed by atoms with Crippen molar-refractivity contribution in [1.82, 2.24) is 5.32 Å². The van der Waals surface area contributed by atoms with Crippen molar-refractivity contribution in [3.63, 3.8) is 0 Å². The van der Waals surface area contributed by atoms with E-state index in [1.54, 1.807) is 0 Å².